The Morgan fingerprint density at radius 1 is 0.913 bits per heavy atom. The van der Waals surface area contributed by atoms with Crippen LogP contribution in [0, 0.1) is 0 Å². The maximum atomic E-state index is 15.7. The van der Waals surface area contributed by atoms with Crippen LogP contribution >= 0.6 is 0 Å². The van der Waals surface area contributed by atoms with Gasteiger partial charge in [0.1, 0.15) is 6.61 Å². The summed E-state index contributed by atoms with van der Waals surface area (Å²) in [5.41, 5.74) is 1.74. The first kappa shape index (κ1) is 34.5. The number of benzene rings is 2. The summed E-state index contributed by atoms with van der Waals surface area (Å²) in [5.74, 6) is -5.06. The molecule has 46 heavy (non-hydrogen) atoms. The van der Waals surface area contributed by atoms with E-state index in [2.05, 4.69) is 17.1 Å². The van der Waals surface area contributed by atoms with Crippen molar-refractivity contribution in [3.05, 3.63) is 83.7 Å². The number of amides is 2. The molecule has 0 spiro atoms. The van der Waals surface area contributed by atoms with E-state index in [0.29, 0.717) is 25.9 Å². The standard InChI is InChI=1S/C35H43F2N3O6/c1-43-30-22-28(23-31(44-2)32(30)45-3)35(36,37)33(41)40-21-11-17-29(40)25-46-34(42)39(20-10-16-26-12-5-4-6-13-26)19-8-7-14-27-15-9-18-38-24-27/h4-6,9,12-13,15,18,22-24,29H,7-8,10-11,14,16-17,19-21,25H2,1-3H3/t29-/m0/s1. The van der Waals surface area contributed by atoms with E-state index in [0.717, 1.165) is 54.7 Å². The summed E-state index contributed by atoms with van der Waals surface area (Å²) in [7, 11) is 4.00. The van der Waals surface area contributed by atoms with Crippen molar-refractivity contribution in [3.63, 3.8) is 0 Å². The third-order valence-corrected chi connectivity index (χ3v) is 8.19. The molecular formula is C35H43F2N3O6. The lowest BCUT2D eigenvalue weighted by Gasteiger charge is -2.30. The first-order valence-electron chi connectivity index (χ1n) is 15.6. The summed E-state index contributed by atoms with van der Waals surface area (Å²) >= 11 is 0. The smallest absolute Gasteiger partial charge is 0.409 e. The molecule has 248 valence electrons. The Kier molecular flexibility index (Phi) is 12.6. The Bertz CT molecular complexity index is 1380. The Morgan fingerprint density at radius 2 is 1.59 bits per heavy atom. The first-order chi connectivity index (χ1) is 22.3. The molecule has 2 aromatic carbocycles. The predicted molar refractivity (Wildman–Crippen MR) is 170 cm³/mol. The molecule has 11 heteroatoms. The van der Waals surface area contributed by atoms with Crippen LogP contribution in [0.3, 0.4) is 0 Å². The number of hydrogen-bond acceptors (Lipinski definition) is 7. The van der Waals surface area contributed by atoms with Crippen LogP contribution in [-0.4, -0.2) is 80.4 Å². The second-order valence-corrected chi connectivity index (χ2v) is 11.3. The fourth-order valence-corrected chi connectivity index (χ4v) is 5.69. The third kappa shape index (κ3) is 8.86. The molecule has 1 aromatic heterocycles. The normalized spacial score (nSPS) is 14.5. The number of aromatic nitrogens is 1. The zero-order valence-electron chi connectivity index (χ0n) is 26.8. The number of carbonyl (C=O) groups is 2. The topological polar surface area (TPSA) is 90.4 Å². The van der Waals surface area contributed by atoms with Crippen LogP contribution in [0.15, 0.2) is 67.0 Å². The minimum absolute atomic E-state index is 0.0176. The number of aryl methyl sites for hydroxylation is 2. The number of methoxy groups -OCH3 is 3. The summed E-state index contributed by atoms with van der Waals surface area (Å²) in [5, 5.41) is 0. The van der Waals surface area contributed by atoms with Crippen molar-refractivity contribution in [2.75, 3.05) is 47.6 Å². The molecule has 1 atom stereocenters. The average molecular weight is 640 g/mol. The van der Waals surface area contributed by atoms with Gasteiger partial charge < -0.3 is 28.7 Å². The number of ether oxygens (including phenoxy) is 4. The van der Waals surface area contributed by atoms with Gasteiger partial charge in [0.15, 0.2) is 11.5 Å². The molecule has 1 aliphatic rings. The Morgan fingerprint density at radius 3 is 2.24 bits per heavy atom. The number of rotatable bonds is 16. The maximum absolute atomic E-state index is 15.7. The lowest BCUT2D eigenvalue weighted by Crippen LogP contribution is -2.47. The van der Waals surface area contributed by atoms with Crippen molar-refractivity contribution in [2.45, 2.75) is 56.9 Å². The highest BCUT2D eigenvalue weighted by molar-refractivity contribution is 5.86. The quantitative estimate of drug-likeness (QED) is 0.170. The number of carbonyl (C=O) groups excluding carboxylic acids is 2. The molecule has 1 saturated heterocycles. The molecule has 0 aliphatic carbocycles. The van der Waals surface area contributed by atoms with Crippen LogP contribution in [0.5, 0.6) is 17.2 Å². The molecule has 1 aliphatic heterocycles. The minimum Gasteiger partial charge on any atom is -0.493 e. The van der Waals surface area contributed by atoms with E-state index in [1.54, 1.807) is 11.1 Å². The summed E-state index contributed by atoms with van der Waals surface area (Å²) in [6.45, 7) is 0.963. The maximum Gasteiger partial charge on any atom is 0.409 e. The van der Waals surface area contributed by atoms with Crippen molar-refractivity contribution >= 4 is 12.0 Å². The molecule has 0 bridgehead atoms. The molecular weight excluding hydrogens is 596 g/mol. The SMILES string of the molecule is COc1cc(C(F)(F)C(=O)N2CCC[C@H]2COC(=O)N(CCCCc2cccnc2)CCCc2ccccc2)cc(OC)c1OC. The van der Waals surface area contributed by atoms with Crippen LogP contribution in [0.4, 0.5) is 13.6 Å². The van der Waals surface area contributed by atoms with Gasteiger partial charge in [0.25, 0.3) is 5.91 Å². The number of nitrogens with zero attached hydrogens (tertiary/aromatic N) is 3. The second kappa shape index (κ2) is 16.8. The molecule has 9 nitrogen and oxygen atoms in total. The van der Waals surface area contributed by atoms with Gasteiger partial charge in [0.2, 0.25) is 5.75 Å². The number of halogens is 2. The fourth-order valence-electron chi connectivity index (χ4n) is 5.69. The molecule has 0 unspecified atom stereocenters. The van der Waals surface area contributed by atoms with Gasteiger partial charge in [-0.25, -0.2) is 4.79 Å². The monoisotopic (exact) mass is 639 g/mol. The lowest BCUT2D eigenvalue weighted by molar-refractivity contribution is -0.160. The highest BCUT2D eigenvalue weighted by atomic mass is 19.3. The highest BCUT2D eigenvalue weighted by Crippen LogP contribution is 2.43. The Labute approximate surface area is 269 Å². The molecule has 1 fully saturated rings. The van der Waals surface area contributed by atoms with Gasteiger partial charge >= 0.3 is 12.0 Å². The fraction of sp³-hybridized carbons (Fsp3) is 0.457. The molecule has 0 N–H and O–H groups in total. The minimum atomic E-state index is -3.88. The van der Waals surface area contributed by atoms with Crippen LogP contribution in [-0.2, 0) is 28.3 Å². The zero-order valence-corrected chi connectivity index (χ0v) is 26.8. The molecule has 4 rings (SSSR count). The van der Waals surface area contributed by atoms with Crippen molar-refractivity contribution in [1.29, 1.82) is 0 Å². The van der Waals surface area contributed by atoms with Crippen molar-refractivity contribution in [2.24, 2.45) is 0 Å². The summed E-state index contributed by atoms with van der Waals surface area (Å²) in [6, 6.07) is 15.5. The predicted octanol–water partition coefficient (Wildman–Crippen LogP) is 6.28. The molecule has 3 aromatic rings. The molecule has 0 saturated carbocycles. The summed E-state index contributed by atoms with van der Waals surface area (Å²) < 4.78 is 52.7. The van der Waals surface area contributed by atoms with Gasteiger partial charge in [-0.3, -0.25) is 9.78 Å². The summed E-state index contributed by atoms with van der Waals surface area (Å²) in [4.78, 5) is 33.5. The second-order valence-electron chi connectivity index (χ2n) is 11.3. The number of unbranched alkanes of at least 4 members (excludes halogenated alkanes) is 1. The zero-order chi connectivity index (χ0) is 32.9. The highest BCUT2D eigenvalue weighted by Gasteiger charge is 2.48. The van der Waals surface area contributed by atoms with Gasteiger partial charge in [0, 0.05) is 37.6 Å². The summed E-state index contributed by atoms with van der Waals surface area (Å²) in [6.07, 6.45) is 8.08. The van der Waals surface area contributed by atoms with Crippen molar-refractivity contribution in [1.82, 2.24) is 14.8 Å². The van der Waals surface area contributed by atoms with Gasteiger partial charge in [-0.15, -0.1) is 0 Å². The van der Waals surface area contributed by atoms with E-state index in [-0.39, 0.29) is 30.4 Å². The largest absolute Gasteiger partial charge is 0.493 e. The Balaban J connectivity index is 1.38. The van der Waals surface area contributed by atoms with Gasteiger partial charge in [-0.05, 0) is 74.3 Å². The van der Waals surface area contributed by atoms with Gasteiger partial charge in [-0.2, -0.15) is 8.78 Å². The van der Waals surface area contributed by atoms with E-state index in [4.69, 9.17) is 18.9 Å². The van der Waals surface area contributed by atoms with E-state index in [1.807, 2.05) is 36.5 Å². The van der Waals surface area contributed by atoms with Crippen LogP contribution in [0.1, 0.15) is 48.8 Å². The van der Waals surface area contributed by atoms with E-state index >= 15 is 8.78 Å². The van der Waals surface area contributed by atoms with Gasteiger partial charge in [0.05, 0.1) is 27.4 Å². The Hall–Kier alpha value is -4.41. The molecule has 2 amide bonds. The van der Waals surface area contributed by atoms with Crippen molar-refractivity contribution in [3.8, 4) is 17.2 Å². The third-order valence-electron chi connectivity index (χ3n) is 8.19. The van der Waals surface area contributed by atoms with Crippen LogP contribution < -0.4 is 14.2 Å². The number of pyridine rings is 1. The van der Waals surface area contributed by atoms with E-state index in [1.165, 1.54) is 26.9 Å². The van der Waals surface area contributed by atoms with Crippen molar-refractivity contribution < 1.29 is 37.3 Å². The van der Waals surface area contributed by atoms with E-state index in [9.17, 15) is 9.59 Å². The van der Waals surface area contributed by atoms with Crippen LogP contribution in [0.25, 0.3) is 0 Å². The number of hydrogen-bond donors (Lipinski definition) is 0. The van der Waals surface area contributed by atoms with E-state index < -0.39 is 29.5 Å². The number of likely N-dealkylation sites (tertiary alicyclic amines) is 1. The number of alkyl halides is 2. The first-order valence-corrected chi connectivity index (χ1v) is 15.6. The van der Waals surface area contributed by atoms with Crippen LogP contribution in [0.2, 0.25) is 0 Å². The molecule has 0 radical (unpaired) electrons. The van der Waals surface area contributed by atoms with Gasteiger partial charge in [-0.1, -0.05) is 36.4 Å². The average Bonchev–Trinajstić information content (AvgIpc) is 3.56. The molecule has 2 heterocycles. The lowest BCUT2D eigenvalue weighted by atomic mass is 10.0.